The van der Waals surface area contributed by atoms with Crippen LogP contribution in [0.3, 0.4) is 0 Å². The number of amides is 1. The number of pyridine rings is 1. The van der Waals surface area contributed by atoms with Crippen molar-refractivity contribution in [1.82, 2.24) is 15.3 Å². The number of halogens is 1. The normalized spacial score (nSPS) is 14.7. The highest BCUT2D eigenvalue weighted by Crippen LogP contribution is 2.33. The fourth-order valence-corrected chi connectivity index (χ4v) is 5.79. The molecule has 1 atom stereocenters. The second-order valence-electron chi connectivity index (χ2n) is 11.2. The summed E-state index contributed by atoms with van der Waals surface area (Å²) in [5.74, 6) is -0.973. The number of hydrogen-bond donors (Lipinski definition) is 4. The summed E-state index contributed by atoms with van der Waals surface area (Å²) in [7, 11) is 0. The van der Waals surface area contributed by atoms with Gasteiger partial charge in [-0.05, 0) is 97.8 Å². The molecular formula is C34H34FN5O2. The third-order valence-electron chi connectivity index (χ3n) is 8.04. The Balaban J connectivity index is 1.32. The molecule has 1 aliphatic rings. The third-order valence-corrected chi connectivity index (χ3v) is 8.04. The second kappa shape index (κ2) is 11.3. The van der Waals surface area contributed by atoms with Crippen LogP contribution in [0.15, 0.2) is 79.0 Å². The van der Waals surface area contributed by atoms with E-state index < -0.39 is 11.9 Å². The van der Waals surface area contributed by atoms with E-state index in [1.807, 2.05) is 61.7 Å². The minimum atomic E-state index is -0.818. The molecule has 3 heterocycles. The maximum Gasteiger partial charge on any atom is 0.252 e. The summed E-state index contributed by atoms with van der Waals surface area (Å²) in [5.41, 5.74) is 13.0. The number of phenols is 1. The van der Waals surface area contributed by atoms with E-state index in [9.17, 15) is 14.3 Å². The fraction of sp³-hybridized carbons (Fsp3) is 0.235. The van der Waals surface area contributed by atoms with E-state index in [1.165, 1.54) is 18.2 Å². The van der Waals surface area contributed by atoms with Crippen LogP contribution in [0.4, 0.5) is 10.1 Å². The second-order valence-corrected chi connectivity index (χ2v) is 11.2. The largest absolute Gasteiger partial charge is 0.508 e. The molecule has 1 saturated heterocycles. The number of para-hydroxylation sites is 1. The molecule has 42 heavy (non-hydrogen) atoms. The lowest BCUT2D eigenvalue weighted by molar-refractivity contribution is 0.0942. The highest BCUT2D eigenvalue weighted by Gasteiger charge is 2.24. The number of nitrogens with two attached hydrogens (primary N) is 1. The molecule has 3 aromatic carbocycles. The number of carbonyl (C=O) groups excluding carboxylic acids is 1. The number of benzene rings is 3. The van der Waals surface area contributed by atoms with E-state index in [1.54, 1.807) is 0 Å². The summed E-state index contributed by atoms with van der Waals surface area (Å²) in [6, 6.07) is 20.5. The van der Waals surface area contributed by atoms with Gasteiger partial charge >= 0.3 is 0 Å². The summed E-state index contributed by atoms with van der Waals surface area (Å²) in [6.45, 7) is 5.84. The number of phenolic OH excluding ortho intramolecular Hbond substituents is 1. The standard InChI is InChI=1S/C34H34FN5O2/c1-20-13-23(29-15-21(2)31(19-37-29)40-11-9-26(36)10-12-40)16-24(14-20)34(42)39-33(27-18-25(35)7-8-32(27)41)30-17-22-5-3-4-6-28(22)38-30/h3-8,13-19,26,33,38,41H,9-12,36H2,1-2H3,(H,39,42). The number of fused-ring (bicyclic) bond motifs is 1. The van der Waals surface area contributed by atoms with Crippen molar-refractivity contribution in [3.8, 4) is 17.0 Å². The molecular weight excluding hydrogens is 529 g/mol. The number of H-pyrrole nitrogens is 1. The van der Waals surface area contributed by atoms with Crippen LogP contribution in [0, 0.1) is 19.7 Å². The van der Waals surface area contributed by atoms with Crippen molar-refractivity contribution in [3.05, 3.63) is 113 Å². The molecule has 0 spiro atoms. The van der Waals surface area contributed by atoms with E-state index in [2.05, 4.69) is 28.2 Å². The van der Waals surface area contributed by atoms with Crippen LogP contribution in [0.2, 0.25) is 0 Å². The van der Waals surface area contributed by atoms with Crippen molar-refractivity contribution in [2.75, 3.05) is 18.0 Å². The summed E-state index contributed by atoms with van der Waals surface area (Å²) < 4.78 is 14.3. The molecule has 5 N–H and O–H groups in total. The number of aromatic hydroxyl groups is 1. The minimum absolute atomic E-state index is 0.110. The number of carbonyl (C=O) groups is 1. The Morgan fingerprint density at radius 1 is 1.07 bits per heavy atom. The molecule has 8 heteroatoms. The molecule has 0 bridgehead atoms. The van der Waals surface area contributed by atoms with E-state index >= 15 is 0 Å². The van der Waals surface area contributed by atoms with Gasteiger partial charge in [-0.2, -0.15) is 0 Å². The van der Waals surface area contributed by atoms with Crippen LogP contribution in [0.25, 0.3) is 22.2 Å². The Bertz CT molecular complexity index is 1740. The average Bonchev–Trinajstić information content (AvgIpc) is 3.41. The van der Waals surface area contributed by atoms with Gasteiger partial charge in [-0.25, -0.2) is 4.39 Å². The predicted molar refractivity (Wildman–Crippen MR) is 164 cm³/mol. The van der Waals surface area contributed by atoms with Crippen molar-refractivity contribution >= 4 is 22.5 Å². The average molecular weight is 564 g/mol. The Morgan fingerprint density at radius 2 is 1.86 bits per heavy atom. The SMILES string of the molecule is Cc1cc(C(=O)NC(c2cc3ccccc3[nH]2)c2cc(F)ccc2O)cc(-c2cc(C)c(N3CCC(N)CC3)cn2)c1. The van der Waals surface area contributed by atoms with Crippen molar-refractivity contribution in [2.45, 2.75) is 38.8 Å². The smallest absolute Gasteiger partial charge is 0.252 e. The molecule has 7 nitrogen and oxygen atoms in total. The fourth-order valence-electron chi connectivity index (χ4n) is 5.79. The number of rotatable bonds is 6. The zero-order chi connectivity index (χ0) is 29.4. The minimum Gasteiger partial charge on any atom is -0.508 e. The lowest BCUT2D eigenvalue weighted by Crippen LogP contribution is -2.40. The molecule has 214 valence electrons. The highest BCUT2D eigenvalue weighted by molar-refractivity contribution is 5.96. The van der Waals surface area contributed by atoms with Crippen LogP contribution < -0.4 is 16.0 Å². The molecule has 0 saturated carbocycles. The number of nitrogens with one attached hydrogen (secondary N) is 2. The van der Waals surface area contributed by atoms with E-state index in [0.717, 1.165) is 64.9 Å². The maximum absolute atomic E-state index is 14.3. The zero-order valence-electron chi connectivity index (χ0n) is 23.7. The van der Waals surface area contributed by atoms with E-state index in [0.29, 0.717) is 11.3 Å². The first-order chi connectivity index (χ1) is 20.2. The zero-order valence-corrected chi connectivity index (χ0v) is 23.7. The Hall–Kier alpha value is -4.69. The van der Waals surface area contributed by atoms with Crippen molar-refractivity contribution in [1.29, 1.82) is 0 Å². The van der Waals surface area contributed by atoms with Gasteiger partial charge in [0.25, 0.3) is 5.91 Å². The van der Waals surface area contributed by atoms with Gasteiger partial charge < -0.3 is 26.0 Å². The van der Waals surface area contributed by atoms with Crippen LogP contribution in [-0.2, 0) is 0 Å². The van der Waals surface area contributed by atoms with E-state index in [4.69, 9.17) is 10.7 Å². The lowest BCUT2D eigenvalue weighted by atomic mass is 9.99. The first kappa shape index (κ1) is 27.5. The van der Waals surface area contributed by atoms with Crippen molar-refractivity contribution in [2.24, 2.45) is 5.73 Å². The number of hydrogen-bond acceptors (Lipinski definition) is 5. The van der Waals surface area contributed by atoms with Gasteiger partial charge in [0.05, 0.1) is 23.6 Å². The van der Waals surface area contributed by atoms with Gasteiger partial charge in [-0.15, -0.1) is 0 Å². The Kier molecular flexibility index (Phi) is 7.39. The van der Waals surface area contributed by atoms with Crippen LogP contribution in [0.5, 0.6) is 5.75 Å². The number of aryl methyl sites for hydroxylation is 2. The van der Waals surface area contributed by atoms with Gasteiger partial charge in [0.15, 0.2) is 0 Å². The maximum atomic E-state index is 14.3. The van der Waals surface area contributed by atoms with Crippen molar-refractivity contribution < 1.29 is 14.3 Å². The first-order valence-electron chi connectivity index (χ1n) is 14.2. The molecule has 1 fully saturated rings. The van der Waals surface area contributed by atoms with E-state index in [-0.39, 0.29) is 23.3 Å². The van der Waals surface area contributed by atoms with Crippen LogP contribution in [0.1, 0.15) is 51.6 Å². The number of aromatic nitrogens is 2. The Morgan fingerprint density at radius 3 is 2.62 bits per heavy atom. The number of nitrogens with zero attached hydrogens (tertiary/aromatic N) is 2. The quantitative estimate of drug-likeness (QED) is 0.199. The summed E-state index contributed by atoms with van der Waals surface area (Å²) >= 11 is 0. The molecule has 6 rings (SSSR count). The summed E-state index contributed by atoms with van der Waals surface area (Å²) in [5, 5.41) is 14.6. The number of piperidine rings is 1. The number of aromatic amines is 1. The third kappa shape index (κ3) is 5.58. The van der Waals surface area contributed by atoms with Crippen LogP contribution >= 0.6 is 0 Å². The van der Waals surface area contributed by atoms with Gasteiger partial charge in [0.1, 0.15) is 11.6 Å². The molecule has 0 radical (unpaired) electrons. The predicted octanol–water partition coefficient (Wildman–Crippen LogP) is 6.14. The topological polar surface area (TPSA) is 107 Å². The number of anilines is 1. The summed E-state index contributed by atoms with van der Waals surface area (Å²) in [6.07, 6.45) is 3.83. The molecule has 5 aromatic rings. The van der Waals surface area contributed by atoms with Crippen LogP contribution in [-0.4, -0.2) is 40.1 Å². The van der Waals surface area contributed by atoms with Gasteiger partial charge in [0, 0.05) is 47.0 Å². The van der Waals surface area contributed by atoms with Gasteiger partial charge in [-0.3, -0.25) is 9.78 Å². The Labute approximate surface area is 244 Å². The van der Waals surface area contributed by atoms with Gasteiger partial charge in [0.2, 0.25) is 0 Å². The monoisotopic (exact) mass is 563 g/mol. The lowest BCUT2D eigenvalue weighted by Gasteiger charge is -2.32. The van der Waals surface area contributed by atoms with Gasteiger partial charge in [-0.1, -0.05) is 18.2 Å². The molecule has 1 amide bonds. The van der Waals surface area contributed by atoms with Crippen molar-refractivity contribution in [3.63, 3.8) is 0 Å². The molecule has 1 aliphatic heterocycles. The molecule has 0 aliphatic carbocycles. The summed E-state index contributed by atoms with van der Waals surface area (Å²) in [4.78, 5) is 24.2. The molecule has 2 aromatic heterocycles. The highest BCUT2D eigenvalue weighted by atomic mass is 19.1. The first-order valence-corrected chi connectivity index (χ1v) is 14.2. The molecule has 1 unspecified atom stereocenters.